The molecule has 3 aromatic carbocycles. The zero-order chi connectivity index (χ0) is 51.6. The summed E-state index contributed by atoms with van der Waals surface area (Å²) >= 11 is 0. The molecular formula is C54H66N3O12S2+. The lowest BCUT2D eigenvalue weighted by atomic mass is 9.78. The molecule has 71 heavy (non-hydrogen) atoms. The SMILES string of the molecule is CCCN1C(=CC=C2CCCC(C=CC3=[N+](CCCCCC(=O)ON4C(=O)CCC4=O)c4c(C)cc(S(=O)(=O)O)cc4C3(C)C)=C2Oc2ccc(C)cc2)C(C)(CCOC)c2cc(S(=O)(=O)O)cc(C)c21. The number of amides is 2. The number of fused-ring (bicyclic) bond motifs is 2. The van der Waals surface area contributed by atoms with Gasteiger partial charge in [0.25, 0.3) is 32.1 Å². The van der Waals surface area contributed by atoms with E-state index in [9.17, 15) is 40.3 Å². The van der Waals surface area contributed by atoms with Gasteiger partial charge in [0.2, 0.25) is 5.69 Å². The van der Waals surface area contributed by atoms with E-state index in [1.165, 1.54) is 18.2 Å². The van der Waals surface area contributed by atoms with Crippen molar-refractivity contribution in [3.05, 3.63) is 123 Å². The van der Waals surface area contributed by atoms with Gasteiger partial charge in [-0.1, -0.05) is 30.7 Å². The standard InChI is InChI=1S/C54H65N3O12S2/c1-9-28-55-46(54(7,27-30-67-8)44-34-42(71(64,65)66)32-37(4)51(44)55)24-20-39-15-13-14-38(52(39)68-40-21-17-35(2)18-22-40)19-23-45-53(5,6)43-33-41(70(61,62)63)31-36(3)50(43)56(45)29-12-10-11-16-49(60)69-57-47(58)25-26-48(57)59/h17-24,31-34H,9-16,25-30H2,1-8H3,(H-,61,62,63,64,65,66)/p+1. The quantitative estimate of drug-likeness (QED) is 0.0499. The Morgan fingerprint density at radius 3 is 2.10 bits per heavy atom. The Labute approximate surface area is 418 Å². The van der Waals surface area contributed by atoms with E-state index in [0.717, 1.165) is 69.0 Å². The molecule has 2 N–H and O–H groups in total. The zero-order valence-electron chi connectivity index (χ0n) is 42.0. The van der Waals surface area contributed by atoms with Gasteiger partial charge in [-0.15, -0.1) is 5.06 Å². The van der Waals surface area contributed by atoms with Gasteiger partial charge in [-0.3, -0.25) is 18.7 Å². The molecule has 1 atom stereocenters. The summed E-state index contributed by atoms with van der Waals surface area (Å²) in [5, 5.41) is 0.556. The van der Waals surface area contributed by atoms with Gasteiger partial charge in [0, 0.05) is 79.9 Å². The molecule has 3 aliphatic heterocycles. The first-order valence-electron chi connectivity index (χ1n) is 24.3. The topological polar surface area (TPSA) is 197 Å². The van der Waals surface area contributed by atoms with E-state index in [4.69, 9.17) is 14.3 Å². The van der Waals surface area contributed by atoms with E-state index in [2.05, 4.69) is 47.6 Å². The van der Waals surface area contributed by atoms with E-state index >= 15 is 0 Å². The number of aryl methyl sites for hydroxylation is 3. The average molecular weight is 1010 g/mol. The van der Waals surface area contributed by atoms with Crippen molar-refractivity contribution in [3.8, 4) is 5.75 Å². The Morgan fingerprint density at radius 2 is 1.46 bits per heavy atom. The van der Waals surface area contributed by atoms with Gasteiger partial charge in [-0.2, -0.15) is 21.4 Å². The van der Waals surface area contributed by atoms with Crippen molar-refractivity contribution in [3.63, 3.8) is 0 Å². The lowest BCUT2D eigenvalue weighted by molar-refractivity contribution is -0.438. The van der Waals surface area contributed by atoms with Crippen molar-refractivity contribution in [2.24, 2.45) is 0 Å². The Bertz CT molecular complexity index is 3000. The maximum absolute atomic E-state index is 12.6. The number of imide groups is 1. The summed E-state index contributed by atoms with van der Waals surface area (Å²) in [6.07, 6.45) is 13.7. The number of rotatable bonds is 19. The number of unbranched alkanes of at least 4 members (excludes halogenated alkanes) is 2. The number of nitrogens with zero attached hydrogens (tertiary/aromatic N) is 3. The molecule has 0 spiro atoms. The molecule has 7 rings (SSSR count). The Kier molecular flexibility index (Phi) is 15.8. The molecule has 1 aliphatic carbocycles. The predicted octanol–water partition coefficient (Wildman–Crippen LogP) is 9.76. The van der Waals surface area contributed by atoms with Gasteiger partial charge < -0.3 is 19.2 Å². The first-order valence-corrected chi connectivity index (χ1v) is 27.2. The predicted molar refractivity (Wildman–Crippen MR) is 270 cm³/mol. The largest absolute Gasteiger partial charge is 0.457 e. The zero-order valence-corrected chi connectivity index (χ0v) is 43.6. The van der Waals surface area contributed by atoms with Gasteiger partial charge in [0.15, 0.2) is 5.71 Å². The molecular weight excluding hydrogens is 947 g/mol. The van der Waals surface area contributed by atoms with Gasteiger partial charge in [0.05, 0.1) is 15.2 Å². The minimum Gasteiger partial charge on any atom is -0.457 e. The number of hydrogen-bond acceptors (Lipinski definition) is 11. The number of hydroxylamine groups is 2. The number of benzene rings is 3. The molecule has 4 aliphatic rings. The summed E-state index contributed by atoms with van der Waals surface area (Å²) in [5.41, 5.74) is 8.12. The molecule has 0 saturated carbocycles. The summed E-state index contributed by atoms with van der Waals surface area (Å²) < 4.78 is 85.2. The molecule has 2 amide bonds. The van der Waals surface area contributed by atoms with Crippen molar-refractivity contribution in [2.45, 2.75) is 140 Å². The highest BCUT2D eigenvalue weighted by Crippen LogP contribution is 2.52. The second kappa shape index (κ2) is 21.2. The number of carbonyl (C=O) groups excluding carboxylic acids is 3. The third-order valence-corrected chi connectivity index (χ3v) is 15.7. The first-order chi connectivity index (χ1) is 33.5. The van der Waals surface area contributed by atoms with Crippen LogP contribution in [0.25, 0.3) is 0 Å². The summed E-state index contributed by atoms with van der Waals surface area (Å²) in [4.78, 5) is 43.5. The highest BCUT2D eigenvalue weighted by atomic mass is 32.2. The summed E-state index contributed by atoms with van der Waals surface area (Å²) in [6.45, 7) is 15.5. The van der Waals surface area contributed by atoms with Crippen molar-refractivity contribution in [1.29, 1.82) is 0 Å². The highest BCUT2D eigenvalue weighted by molar-refractivity contribution is 7.86. The van der Waals surface area contributed by atoms with Crippen LogP contribution in [0.4, 0.5) is 11.4 Å². The van der Waals surface area contributed by atoms with Gasteiger partial charge in [-0.05, 0) is 157 Å². The maximum atomic E-state index is 12.6. The van der Waals surface area contributed by atoms with Crippen molar-refractivity contribution < 1.29 is 59.2 Å². The minimum atomic E-state index is -4.53. The van der Waals surface area contributed by atoms with Crippen LogP contribution in [0.3, 0.4) is 0 Å². The van der Waals surface area contributed by atoms with E-state index in [1.807, 2.05) is 58.9 Å². The van der Waals surface area contributed by atoms with Gasteiger partial charge in [0.1, 0.15) is 18.1 Å². The molecule has 1 unspecified atom stereocenters. The first kappa shape index (κ1) is 53.1. The van der Waals surface area contributed by atoms with Crippen LogP contribution < -0.4 is 9.64 Å². The van der Waals surface area contributed by atoms with Crippen LogP contribution in [0.1, 0.15) is 126 Å². The van der Waals surface area contributed by atoms with Crippen LogP contribution in [0.5, 0.6) is 5.75 Å². The van der Waals surface area contributed by atoms with Crippen LogP contribution in [0.2, 0.25) is 0 Å². The number of anilines is 1. The monoisotopic (exact) mass is 1010 g/mol. The molecule has 1 saturated heterocycles. The van der Waals surface area contributed by atoms with E-state index < -0.39 is 48.8 Å². The van der Waals surface area contributed by atoms with Crippen LogP contribution in [0, 0.1) is 20.8 Å². The molecule has 0 bridgehead atoms. The number of allylic oxidation sites excluding steroid dienone is 7. The molecule has 17 heteroatoms. The molecule has 1 fully saturated rings. The summed E-state index contributed by atoms with van der Waals surface area (Å²) in [5.74, 6) is -0.360. The summed E-state index contributed by atoms with van der Waals surface area (Å²) in [6, 6.07) is 14.0. The third kappa shape index (κ3) is 11.2. The minimum absolute atomic E-state index is 0.0153. The second-order valence-electron chi connectivity index (χ2n) is 19.7. The van der Waals surface area contributed by atoms with Crippen molar-refractivity contribution in [2.75, 3.05) is 31.7 Å². The Balaban J connectivity index is 1.30. The number of ether oxygens (including phenoxy) is 2. The van der Waals surface area contributed by atoms with Crippen molar-refractivity contribution in [1.82, 2.24) is 5.06 Å². The second-order valence-corrected chi connectivity index (χ2v) is 22.5. The Morgan fingerprint density at radius 1 is 0.817 bits per heavy atom. The third-order valence-electron chi connectivity index (χ3n) is 14.1. The van der Waals surface area contributed by atoms with Crippen LogP contribution in [-0.4, -0.2) is 85.9 Å². The average Bonchev–Trinajstić information content (AvgIpc) is 3.83. The fourth-order valence-electron chi connectivity index (χ4n) is 10.3. The van der Waals surface area contributed by atoms with Gasteiger partial charge in [-0.25, -0.2) is 4.79 Å². The number of methoxy groups -OCH3 is 1. The lowest BCUT2D eigenvalue weighted by Crippen LogP contribution is -2.31. The molecule has 3 aromatic rings. The van der Waals surface area contributed by atoms with Crippen LogP contribution in [0.15, 0.2) is 105 Å². The van der Waals surface area contributed by atoms with Crippen LogP contribution in [-0.2, 0) is 55.0 Å². The fourth-order valence-corrected chi connectivity index (χ4v) is 11.5. The maximum Gasteiger partial charge on any atom is 0.333 e. The molecule has 3 heterocycles. The van der Waals surface area contributed by atoms with E-state index in [-0.39, 0.29) is 29.1 Å². The normalized spacial score (nSPS) is 20.3. The van der Waals surface area contributed by atoms with Crippen LogP contribution >= 0.6 is 0 Å². The fraction of sp³-hybridized carbons (Fsp3) is 0.444. The van der Waals surface area contributed by atoms with Gasteiger partial charge >= 0.3 is 5.97 Å². The molecule has 0 aromatic heterocycles. The summed E-state index contributed by atoms with van der Waals surface area (Å²) in [7, 11) is -7.37. The molecule has 0 radical (unpaired) electrons. The lowest BCUT2D eigenvalue weighted by Gasteiger charge is -2.30. The number of carbonyl (C=O) groups is 3. The van der Waals surface area contributed by atoms with E-state index in [1.54, 1.807) is 13.2 Å². The molecule has 380 valence electrons. The van der Waals surface area contributed by atoms with E-state index in [0.29, 0.717) is 80.4 Å². The van der Waals surface area contributed by atoms with Crippen molar-refractivity contribution >= 4 is 55.1 Å². The Hall–Kier alpha value is -5.72. The highest BCUT2D eigenvalue weighted by Gasteiger charge is 2.47. The number of hydrogen-bond donors (Lipinski definition) is 2. The molecule has 15 nitrogen and oxygen atoms in total. The smallest absolute Gasteiger partial charge is 0.333 e.